The Morgan fingerprint density at radius 1 is 1.27 bits per heavy atom. The van der Waals surface area contributed by atoms with Gasteiger partial charge in [-0.05, 0) is 33.6 Å². The van der Waals surface area contributed by atoms with Crippen molar-refractivity contribution < 1.29 is 0 Å². The van der Waals surface area contributed by atoms with Gasteiger partial charge in [0.2, 0.25) is 0 Å². The molecule has 0 aliphatic carbocycles. The van der Waals surface area contributed by atoms with Gasteiger partial charge >= 0.3 is 0 Å². The van der Waals surface area contributed by atoms with E-state index in [4.69, 9.17) is 0 Å². The molecule has 0 amide bonds. The minimum Gasteiger partial charge on any atom is -0.240 e. The van der Waals surface area contributed by atoms with Crippen molar-refractivity contribution in [3.05, 3.63) is 45.1 Å². The quantitative estimate of drug-likeness (QED) is 0.695. The molecule has 78 valence electrons. The summed E-state index contributed by atoms with van der Waals surface area (Å²) in [5, 5.41) is 5.06. The minimum absolute atomic E-state index is 0.844. The van der Waals surface area contributed by atoms with Gasteiger partial charge in [-0.1, -0.05) is 37.9 Å². The summed E-state index contributed by atoms with van der Waals surface area (Å²) in [4.78, 5) is 0. The van der Waals surface area contributed by atoms with Crippen LogP contribution in [0.1, 0.15) is 5.56 Å². The summed E-state index contributed by atoms with van der Waals surface area (Å²) in [6.45, 7) is 0. The summed E-state index contributed by atoms with van der Waals surface area (Å²) in [6.07, 6.45) is 3.70. The maximum absolute atomic E-state index is 4.22. The van der Waals surface area contributed by atoms with Gasteiger partial charge in [0, 0.05) is 16.0 Å². The first-order chi connectivity index (χ1) is 7.20. The highest BCUT2D eigenvalue weighted by atomic mass is 79.9. The molecule has 0 N–H and O–H groups in total. The minimum atomic E-state index is 0.844. The fourth-order valence-electron chi connectivity index (χ4n) is 1.23. The maximum atomic E-state index is 4.22. The Labute approximate surface area is 113 Å². The summed E-state index contributed by atoms with van der Waals surface area (Å²) < 4.78 is 3.89. The molecular formula is C10H7Br3N2. The maximum Gasteiger partial charge on any atom is 0.0657 e. The number of alkyl halides is 1. The third kappa shape index (κ3) is 2.52. The molecule has 0 atom stereocenters. The lowest BCUT2D eigenvalue weighted by atomic mass is 10.2. The van der Waals surface area contributed by atoms with E-state index in [0.29, 0.717) is 0 Å². The highest BCUT2D eigenvalue weighted by Gasteiger charge is 2.03. The van der Waals surface area contributed by atoms with E-state index in [1.54, 1.807) is 6.20 Å². The van der Waals surface area contributed by atoms with Gasteiger partial charge in [-0.25, -0.2) is 4.68 Å². The lowest BCUT2D eigenvalue weighted by Crippen LogP contribution is -1.94. The fraction of sp³-hybridized carbons (Fsp3) is 0.100. The van der Waals surface area contributed by atoms with E-state index < -0.39 is 0 Å². The van der Waals surface area contributed by atoms with Crippen LogP contribution in [0.15, 0.2) is 39.5 Å². The van der Waals surface area contributed by atoms with E-state index in [1.807, 2.05) is 16.9 Å². The second-order valence-electron chi connectivity index (χ2n) is 3.01. The van der Waals surface area contributed by atoms with E-state index in [-0.39, 0.29) is 0 Å². The van der Waals surface area contributed by atoms with Crippen LogP contribution in [-0.2, 0) is 5.33 Å². The van der Waals surface area contributed by atoms with Gasteiger partial charge in [0.05, 0.1) is 16.4 Å². The number of halogens is 3. The summed E-state index contributed by atoms with van der Waals surface area (Å²) in [5.74, 6) is 0. The van der Waals surface area contributed by atoms with Gasteiger partial charge in [-0.3, -0.25) is 0 Å². The highest BCUT2D eigenvalue weighted by molar-refractivity contribution is 9.11. The first-order valence-electron chi connectivity index (χ1n) is 4.25. The van der Waals surface area contributed by atoms with Crippen molar-refractivity contribution in [2.24, 2.45) is 0 Å². The van der Waals surface area contributed by atoms with Crippen LogP contribution < -0.4 is 0 Å². The molecule has 0 saturated carbocycles. The Morgan fingerprint density at radius 2 is 2.07 bits per heavy atom. The lowest BCUT2D eigenvalue weighted by molar-refractivity contribution is 0.879. The van der Waals surface area contributed by atoms with Crippen molar-refractivity contribution in [2.45, 2.75) is 5.33 Å². The molecular weight excluding hydrogens is 388 g/mol. The molecule has 0 spiro atoms. The molecule has 0 radical (unpaired) electrons. The smallest absolute Gasteiger partial charge is 0.0657 e. The van der Waals surface area contributed by atoms with Crippen LogP contribution in [0, 0.1) is 0 Å². The molecule has 5 heteroatoms. The first-order valence-corrected chi connectivity index (χ1v) is 6.96. The second-order valence-corrected chi connectivity index (χ2v) is 5.34. The lowest BCUT2D eigenvalue weighted by Gasteiger charge is -2.04. The zero-order valence-electron chi connectivity index (χ0n) is 7.62. The van der Waals surface area contributed by atoms with Gasteiger partial charge in [-0.15, -0.1) is 0 Å². The summed E-state index contributed by atoms with van der Waals surface area (Å²) in [7, 11) is 0. The molecule has 2 aromatic rings. The topological polar surface area (TPSA) is 17.8 Å². The first kappa shape index (κ1) is 11.4. The van der Waals surface area contributed by atoms with E-state index >= 15 is 0 Å². The number of nitrogens with zero attached hydrogens (tertiary/aromatic N) is 2. The third-order valence-corrected chi connectivity index (χ3v) is 3.75. The molecule has 15 heavy (non-hydrogen) atoms. The average Bonchev–Trinajstić information content (AvgIpc) is 2.65. The Bertz CT molecular complexity index is 479. The zero-order valence-corrected chi connectivity index (χ0v) is 12.4. The average molecular weight is 395 g/mol. The normalized spacial score (nSPS) is 10.6. The Kier molecular flexibility index (Phi) is 3.64. The number of hydrogen-bond acceptors (Lipinski definition) is 1. The molecule has 0 bridgehead atoms. The molecule has 0 fully saturated rings. The van der Waals surface area contributed by atoms with Crippen molar-refractivity contribution >= 4 is 47.8 Å². The SMILES string of the molecule is BrCc1ccc(-n2cc(Br)cn2)cc1Br. The third-order valence-electron chi connectivity index (χ3n) is 2.00. The number of hydrogen-bond donors (Lipinski definition) is 0. The van der Waals surface area contributed by atoms with Crippen LogP contribution >= 0.6 is 47.8 Å². The van der Waals surface area contributed by atoms with Crippen LogP contribution in [0.4, 0.5) is 0 Å². The summed E-state index contributed by atoms with van der Waals surface area (Å²) >= 11 is 10.3. The predicted molar refractivity (Wildman–Crippen MR) is 71.6 cm³/mol. The molecule has 1 aromatic carbocycles. The molecule has 1 heterocycles. The molecule has 0 aliphatic heterocycles. The van der Waals surface area contributed by atoms with E-state index in [9.17, 15) is 0 Å². The predicted octanol–water partition coefficient (Wildman–Crippen LogP) is 4.29. The zero-order chi connectivity index (χ0) is 10.8. The van der Waals surface area contributed by atoms with Gasteiger partial charge in [-0.2, -0.15) is 5.10 Å². The van der Waals surface area contributed by atoms with Crippen molar-refractivity contribution in [2.75, 3.05) is 0 Å². The summed E-state index contributed by atoms with van der Waals surface area (Å²) in [6, 6.07) is 6.17. The van der Waals surface area contributed by atoms with Crippen molar-refractivity contribution in [3.8, 4) is 5.69 Å². The van der Waals surface area contributed by atoms with E-state index in [2.05, 4.69) is 65.0 Å². The van der Waals surface area contributed by atoms with Gasteiger partial charge in [0.25, 0.3) is 0 Å². The monoisotopic (exact) mass is 392 g/mol. The van der Waals surface area contributed by atoms with Crippen LogP contribution in [0.3, 0.4) is 0 Å². The van der Waals surface area contributed by atoms with Crippen molar-refractivity contribution in [1.29, 1.82) is 0 Å². The van der Waals surface area contributed by atoms with Crippen molar-refractivity contribution in [3.63, 3.8) is 0 Å². The highest BCUT2D eigenvalue weighted by Crippen LogP contribution is 2.23. The van der Waals surface area contributed by atoms with Crippen LogP contribution in [0.25, 0.3) is 5.69 Å². The molecule has 1 aromatic heterocycles. The van der Waals surface area contributed by atoms with Crippen LogP contribution in [0.2, 0.25) is 0 Å². The van der Waals surface area contributed by atoms with E-state index in [1.165, 1.54) is 5.56 Å². The van der Waals surface area contributed by atoms with Gasteiger partial charge in [0.1, 0.15) is 0 Å². The van der Waals surface area contributed by atoms with E-state index in [0.717, 1.165) is 20.0 Å². The van der Waals surface area contributed by atoms with Crippen LogP contribution in [-0.4, -0.2) is 9.78 Å². The number of rotatable bonds is 2. The number of aromatic nitrogens is 2. The Balaban J connectivity index is 2.42. The van der Waals surface area contributed by atoms with Crippen molar-refractivity contribution in [1.82, 2.24) is 9.78 Å². The molecule has 0 unspecified atom stereocenters. The standard InChI is InChI=1S/C10H7Br3N2/c11-4-7-1-2-9(3-10(7)13)15-6-8(12)5-14-15/h1-3,5-6H,4H2. The molecule has 2 rings (SSSR count). The molecule has 0 saturated heterocycles. The summed E-state index contributed by atoms with van der Waals surface area (Å²) in [5.41, 5.74) is 2.27. The second kappa shape index (κ2) is 4.80. The van der Waals surface area contributed by atoms with Gasteiger partial charge in [0.15, 0.2) is 0 Å². The van der Waals surface area contributed by atoms with Crippen LogP contribution in [0.5, 0.6) is 0 Å². The molecule has 0 aliphatic rings. The fourth-order valence-corrected chi connectivity index (χ4v) is 2.89. The Morgan fingerprint density at radius 3 is 2.60 bits per heavy atom. The molecule has 2 nitrogen and oxygen atoms in total. The Hall–Kier alpha value is -0.130. The number of benzene rings is 1. The largest absolute Gasteiger partial charge is 0.240 e. The van der Waals surface area contributed by atoms with Gasteiger partial charge < -0.3 is 0 Å².